The second kappa shape index (κ2) is 10.3. The van der Waals surface area contributed by atoms with E-state index in [4.69, 9.17) is 26.8 Å². The van der Waals surface area contributed by atoms with Gasteiger partial charge in [0.15, 0.2) is 11.5 Å². The van der Waals surface area contributed by atoms with Gasteiger partial charge in [0.2, 0.25) is 0 Å². The average Bonchev–Trinajstić information content (AvgIpc) is 2.96. The summed E-state index contributed by atoms with van der Waals surface area (Å²) in [5.41, 5.74) is 1.45. The lowest BCUT2D eigenvalue weighted by Gasteiger charge is -2.15. The number of hydrogen-bond donors (Lipinski definition) is 1. The maximum Gasteiger partial charge on any atom is 0.323 e. The molecule has 1 aliphatic rings. The van der Waals surface area contributed by atoms with E-state index in [2.05, 4.69) is 15.9 Å². The highest BCUT2D eigenvalue weighted by molar-refractivity contribution is 9.10. The molecular formula is C21H17BrFNO5S2. The molecule has 0 saturated carbocycles. The van der Waals surface area contributed by atoms with Crippen molar-refractivity contribution in [2.75, 3.05) is 13.2 Å². The Morgan fingerprint density at radius 3 is 2.65 bits per heavy atom. The zero-order valence-corrected chi connectivity index (χ0v) is 19.5. The van der Waals surface area contributed by atoms with Crippen molar-refractivity contribution in [3.05, 3.63) is 62.7 Å². The van der Waals surface area contributed by atoms with Crippen LogP contribution < -0.4 is 9.47 Å². The maximum atomic E-state index is 13.1. The molecule has 1 N–H and O–H groups in total. The summed E-state index contributed by atoms with van der Waals surface area (Å²) in [6.45, 7) is 1.96. The number of carboxylic acids is 1. The monoisotopic (exact) mass is 525 g/mol. The Bertz CT molecular complexity index is 1060. The molecule has 1 aliphatic heterocycles. The molecule has 1 saturated heterocycles. The minimum Gasteiger partial charge on any atom is -0.490 e. The molecule has 2 aromatic rings. The van der Waals surface area contributed by atoms with Gasteiger partial charge in [0.05, 0.1) is 16.0 Å². The van der Waals surface area contributed by atoms with Crippen molar-refractivity contribution in [2.45, 2.75) is 13.5 Å². The summed E-state index contributed by atoms with van der Waals surface area (Å²) in [6.07, 6.45) is 1.62. The first-order valence-corrected chi connectivity index (χ1v) is 11.1. The smallest absolute Gasteiger partial charge is 0.323 e. The number of thiocarbonyl (C=S) groups is 1. The van der Waals surface area contributed by atoms with Crippen molar-refractivity contribution in [2.24, 2.45) is 0 Å². The Morgan fingerprint density at radius 2 is 2.00 bits per heavy atom. The number of rotatable bonds is 8. The predicted octanol–water partition coefficient (Wildman–Crippen LogP) is 4.85. The van der Waals surface area contributed by atoms with Gasteiger partial charge in [-0.3, -0.25) is 14.5 Å². The van der Waals surface area contributed by atoms with Gasteiger partial charge < -0.3 is 14.6 Å². The Kier molecular flexibility index (Phi) is 7.69. The van der Waals surface area contributed by atoms with Gasteiger partial charge in [-0.05, 0) is 64.3 Å². The number of amides is 1. The number of nitrogens with zero attached hydrogens (tertiary/aromatic N) is 1. The number of carbonyl (C=O) groups is 2. The number of ether oxygens (including phenoxy) is 2. The van der Waals surface area contributed by atoms with Crippen LogP contribution in [0.4, 0.5) is 4.39 Å². The molecule has 1 fully saturated rings. The predicted molar refractivity (Wildman–Crippen MR) is 124 cm³/mol. The fourth-order valence-electron chi connectivity index (χ4n) is 2.73. The summed E-state index contributed by atoms with van der Waals surface area (Å²) in [4.78, 5) is 24.8. The van der Waals surface area contributed by atoms with Gasteiger partial charge in [-0.25, -0.2) is 4.39 Å². The summed E-state index contributed by atoms with van der Waals surface area (Å²) in [6, 6.07) is 9.47. The second-order valence-corrected chi connectivity index (χ2v) is 8.87. The highest BCUT2D eigenvalue weighted by Crippen LogP contribution is 2.39. The molecule has 162 valence electrons. The third-order valence-electron chi connectivity index (χ3n) is 4.09. The Balaban J connectivity index is 1.85. The lowest BCUT2D eigenvalue weighted by molar-refractivity contribution is -0.140. The zero-order chi connectivity index (χ0) is 22.5. The molecule has 0 aliphatic carbocycles. The van der Waals surface area contributed by atoms with Crippen molar-refractivity contribution in [3.63, 3.8) is 0 Å². The van der Waals surface area contributed by atoms with Crippen molar-refractivity contribution in [1.82, 2.24) is 4.90 Å². The summed E-state index contributed by atoms with van der Waals surface area (Å²) in [5.74, 6) is -0.976. The number of aliphatic carboxylic acids is 1. The van der Waals surface area contributed by atoms with Crippen molar-refractivity contribution in [3.8, 4) is 11.5 Å². The van der Waals surface area contributed by atoms with Crippen LogP contribution in [0.1, 0.15) is 18.1 Å². The SMILES string of the molecule is CCOc1cc(/C=C2/SC(=S)N(CC(=O)O)C2=O)cc(Br)c1OCc1ccc(F)cc1. The molecule has 0 spiro atoms. The van der Waals surface area contributed by atoms with Crippen LogP contribution in [0.5, 0.6) is 11.5 Å². The largest absolute Gasteiger partial charge is 0.490 e. The van der Waals surface area contributed by atoms with Crippen LogP contribution in [-0.4, -0.2) is 39.4 Å². The van der Waals surface area contributed by atoms with Crippen LogP contribution in [-0.2, 0) is 16.2 Å². The fraction of sp³-hybridized carbons (Fsp3) is 0.190. The number of benzene rings is 2. The van der Waals surface area contributed by atoms with Crippen LogP contribution >= 0.6 is 39.9 Å². The molecule has 6 nitrogen and oxygen atoms in total. The molecule has 10 heteroatoms. The minimum atomic E-state index is -1.14. The van der Waals surface area contributed by atoms with Crippen molar-refractivity contribution < 1.29 is 28.6 Å². The Labute approximate surface area is 196 Å². The van der Waals surface area contributed by atoms with Crippen LogP contribution in [0.2, 0.25) is 0 Å². The van der Waals surface area contributed by atoms with Gasteiger partial charge in [0, 0.05) is 0 Å². The molecule has 0 unspecified atom stereocenters. The van der Waals surface area contributed by atoms with Crippen LogP contribution in [0.25, 0.3) is 6.08 Å². The normalized spacial score (nSPS) is 14.9. The van der Waals surface area contributed by atoms with E-state index in [0.29, 0.717) is 33.0 Å². The second-order valence-electron chi connectivity index (χ2n) is 6.34. The van der Waals surface area contributed by atoms with Crippen LogP contribution in [0.15, 0.2) is 45.8 Å². The topological polar surface area (TPSA) is 76.1 Å². The highest BCUT2D eigenvalue weighted by Gasteiger charge is 2.33. The number of carboxylic acid groups (broad SMARTS) is 1. The summed E-state index contributed by atoms with van der Waals surface area (Å²) in [5, 5.41) is 8.96. The van der Waals surface area contributed by atoms with E-state index < -0.39 is 18.4 Å². The molecule has 0 atom stereocenters. The molecule has 1 amide bonds. The lowest BCUT2D eigenvalue weighted by Crippen LogP contribution is -2.33. The van der Waals surface area contributed by atoms with E-state index in [-0.39, 0.29) is 16.7 Å². The minimum absolute atomic E-state index is 0.196. The van der Waals surface area contributed by atoms with E-state index in [1.807, 2.05) is 6.92 Å². The number of thioether (sulfide) groups is 1. The first kappa shape index (κ1) is 23.2. The summed E-state index contributed by atoms with van der Waals surface area (Å²) < 4.78 is 25.5. The third kappa shape index (κ3) is 5.84. The van der Waals surface area contributed by atoms with Gasteiger partial charge in [-0.2, -0.15) is 0 Å². The first-order valence-electron chi connectivity index (χ1n) is 9.09. The van der Waals surface area contributed by atoms with E-state index >= 15 is 0 Å². The van der Waals surface area contributed by atoms with Gasteiger partial charge in [-0.1, -0.05) is 36.1 Å². The van der Waals surface area contributed by atoms with E-state index in [1.165, 1.54) is 12.1 Å². The standard InChI is InChI=1S/C21H17BrFNO5S2/c1-2-28-16-8-13(9-17-20(27)24(10-18(25)26)21(30)31-17)7-15(22)19(16)29-11-12-3-5-14(23)6-4-12/h3-9H,2,10-11H2,1H3,(H,25,26)/b17-9+. The third-order valence-corrected chi connectivity index (χ3v) is 6.06. The Morgan fingerprint density at radius 1 is 1.29 bits per heavy atom. The van der Waals surface area contributed by atoms with Gasteiger partial charge in [-0.15, -0.1) is 0 Å². The van der Waals surface area contributed by atoms with E-state index in [9.17, 15) is 14.0 Å². The Hall–Kier alpha value is -2.43. The first-order chi connectivity index (χ1) is 14.8. The molecule has 0 aromatic heterocycles. The van der Waals surface area contributed by atoms with Crippen molar-refractivity contribution in [1.29, 1.82) is 0 Å². The molecule has 1 heterocycles. The summed E-state index contributed by atoms with van der Waals surface area (Å²) in [7, 11) is 0. The van der Waals surface area contributed by atoms with Crippen LogP contribution in [0.3, 0.4) is 0 Å². The fourth-order valence-corrected chi connectivity index (χ4v) is 4.56. The van der Waals surface area contributed by atoms with Crippen LogP contribution in [0, 0.1) is 5.82 Å². The molecular weight excluding hydrogens is 509 g/mol. The number of halogens is 2. The zero-order valence-electron chi connectivity index (χ0n) is 16.3. The highest BCUT2D eigenvalue weighted by atomic mass is 79.9. The average molecular weight is 526 g/mol. The molecule has 3 rings (SSSR count). The number of carbonyl (C=O) groups excluding carboxylic acids is 1. The van der Waals surface area contributed by atoms with Gasteiger partial charge >= 0.3 is 5.97 Å². The molecule has 2 aromatic carbocycles. The molecule has 0 radical (unpaired) electrons. The maximum absolute atomic E-state index is 13.1. The van der Waals surface area contributed by atoms with Gasteiger partial charge in [0.25, 0.3) is 5.91 Å². The van der Waals surface area contributed by atoms with E-state index in [1.54, 1.807) is 30.3 Å². The van der Waals surface area contributed by atoms with Gasteiger partial charge in [0.1, 0.15) is 23.3 Å². The quantitative estimate of drug-likeness (QED) is 0.389. The van der Waals surface area contributed by atoms with E-state index in [0.717, 1.165) is 22.2 Å². The number of hydrogen-bond acceptors (Lipinski definition) is 6. The summed E-state index contributed by atoms with van der Waals surface area (Å²) >= 11 is 9.64. The lowest BCUT2D eigenvalue weighted by atomic mass is 10.1. The molecule has 0 bridgehead atoms. The van der Waals surface area contributed by atoms with Crippen molar-refractivity contribution >= 4 is 62.2 Å². The molecule has 31 heavy (non-hydrogen) atoms.